The monoisotopic (exact) mass is 389 g/mol. The third-order valence-corrected chi connectivity index (χ3v) is 5.70. The van der Waals surface area contributed by atoms with Crippen LogP contribution < -0.4 is 4.74 Å². The van der Waals surface area contributed by atoms with E-state index in [0.29, 0.717) is 13.0 Å². The summed E-state index contributed by atoms with van der Waals surface area (Å²) in [6, 6.07) is 7.87. The molecule has 1 aromatic heterocycles. The standard InChI is InChI=1S/C21H27NO4S/c1-14(9-17-12-27-15(2)22-17)19(10-20-21(3,13-23)26-20)25-11-16-5-7-18(24-4)8-6-16/h5-9,12,19-20,23H,10-11,13H2,1-4H3/b14-9+/t19-,20?,21?/m0/s1. The third kappa shape index (κ3) is 5.17. The highest BCUT2D eigenvalue weighted by Crippen LogP contribution is 2.40. The molecule has 146 valence electrons. The van der Waals surface area contributed by atoms with Crippen LogP contribution in [0.4, 0.5) is 0 Å². The quantitative estimate of drug-likeness (QED) is 0.657. The van der Waals surface area contributed by atoms with Crippen molar-refractivity contribution in [2.45, 2.75) is 51.6 Å². The van der Waals surface area contributed by atoms with Crippen LogP contribution in [0.5, 0.6) is 5.75 Å². The normalized spacial score (nSPS) is 23.3. The number of hydrogen-bond donors (Lipinski definition) is 1. The first kappa shape index (κ1) is 20.0. The number of rotatable bonds is 9. The second-order valence-corrected chi connectivity index (χ2v) is 8.20. The Hall–Kier alpha value is -1.73. The number of aliphatic hydroxyl groups excluding tert-OH is 1. The van der Waals surface area contributed by atoms with Gasteiger partial charge in [0, 0.05) is 11.8 Å². The van der Waals surface area contributed by atoms with E-state index in [4.69, 9.17) is 14.2 Å². The second kappa shape index (κ2) is 8.52. The number of thiazole rings is 1. The van der Waals surface area contributed by atoms with E-state index in [9.17, 15) is 5.11 Å². The van der Waals surface area contributed by atoms with E-state index in [2.05, 4.69) is 18.0 Å². The molecular weight excluding hydrogens is 362 g/mol. The Morgan fingerprint density at radius 3 is 2.70 bits per heavy atom. The summed E-state index contributed by atoms with van der Waals surface area (Å²) >= 11 is 1.64. The molecule has 0 aliphatic carbocycles. The van der Waals surface area contributed by atoms with E-state index in [-0.39, 0.29) is 18.8 Å². The van der Waals surface area contributed by atoms with E-state index < -0.39 is 5.60 Å². The average Bonchev–Trinajstić information content (AvgIpc) is 3.14. The van der Waals surface area contributed by atoms with Gasteiger partial charge in [0.1, 0.15) is 11.4 Å². The molecule has 0 bridgehead atoms. The summed E-state index contributed by atoms with van der Waals surface area (Å²) in [7, 11) is 1.66. The van der Waals surface area contributed by atoms with Crippen molar-refractivity contribution < 1.29 is 19.3 Å². The van der Waals surface area contributed by atoms with Gasteiger partial charge < -0.3 is 19.3 Å². The van der Waals surface area contributed by atoms with Gasteiger partial charge in [-0.2, -0.15) is 0 Å². The number of epoxide rings is 1. The first-order valence-electron chi connectivity index (χ1n) is 9.07. The van der Waals surface area contributed by atoms with Crippen LogP contribution in [0, 0.1) is 6.92 Å². The molecule has 3 rings (SSSR count). The molecule has 0 spiro atoms. The van der Waals surface area contributed by atoms with Gasteiger partial charge in [0.2, 0.25) is 0 Å². The van der Waals surface area contributed by atoms with Crippen LogP contribution in [-0.2, 0) is 16.1 Å². The van der Waals surface area contributed by atoms with Crippen molar-refractivity contribution in [2.75, 3.05) is 13.7 Å². The lowest BCUT2D eigenvalue weighted by Crippen LogP contribution is -2.22. The van der Waals surface area contributed by atoms with Crippen LogP contribution in [0.3, 0.4) is 0 Å². The molecule has 1 N–H and O–H groups in total. The summed E-state index contributed by atoms with van der Waals surface area (Å²) in [5.74, 6) is 0.829. The number of methoxy groups -OCH3 is 1. The summed E-state index contributed by atoms with van der Waals surface area (Å²) in [4.78, 5) is 4.51. The van der Waals surface area contributed by atoms with Crippen molar-refractivity contribution in [3.63, 3.8) is 0 Å². The smallest absolute Gasteiger partial charge is 0.118 e. The molecule has 1 aliphatic rings. The zero-order valence-electron chi connectivity index (χ0n) is 16.3. The molecule has 2 unspecified atom stereocenters. The van der Waals surface area contributed by atoms with Crippen molar-refractivity contribution in [2.24, 2.45) is 0 Å². The number of aromatic nitrogens is 1. The molecule has 1 aliphatic heterocycles. The topological polar surface area (TPSA) is 64.1 Å². The molecule has 6 heteroatoms. The van der Waals surface area contributed by atoms with Gasteiger partial charge in [-0.25, -0.2) is 4.98 Å². The van der Waals surface area contributed by atoms with E-state index in [1.54, 1.807) is 18.4 Å². The predicted molar refractivity (Wildman–Crippen MR) is 107 cm³/mol. The van der Waals surface area contributed by atoms with Crippen LogP contribution in [0.15, 0.2) is 35.2 Å². The average molecular weight is 390 g/mol. The maximum atomic E-state index is 9.48. The van der Waals surface area contributed by atoms with E-state index in [1.807, 2.05) is 43.5 Å². The maximum absolute atomic E-state index is 9.48. The minimum Gasteiger partial charge on any atom is -0.497 e. The van der Waals surface area contributed by atoms with Gasteiger partial charge >= 0.3 is 0 Å². The molecule has 2 heterocycles. The molecule has 0 radical (unpaired) electrons. The first-order chi connectivity index (χ1) is 12.9. The van der Waals surface area contributed by atoms with Crippen LogP contribution in [0.2, 0.25) is 0 Å². The lowest BCUT2D eigenvalue weighted by Gasteiger charge is -2.19. The molecule has 2 aromatic rings. The summed E-state index contributed by atoms with van der Waals surface area (Å²) < 4.78 is 17.1. The molecule has 1 fully saturated rings. The van der Waals surface area contributed by atoms with Crippen LogP contribution in [0.1, 0.15) is 36.5 Å². The predicted octanol–water partition coefficient (Wildman–Crippen LogP) is 3.99. The molecule has 1 saturated heterocycles. The van der Waals surface area contributed by atoms with E-state index in [0.717, 1.165) is 27.6 Å². The highest BCUT2D eigenvalue weighted by atomic mass is 32.1. The Kier molecular flexibility index (Phi) is 6.32. The van der Waals surface area contributed by atoms with E-state index in [1.165, 1.54) is 0 Å². The van der Waals surface area contributed by atoms with Crippen LogP contribution in [-0.4, -0.2) is 41.6 Å². The van der Waals surface area contributed by atoms with Gasteiger partial charge in [0.15, 0.2) is 0 Å². The lowest BCUT2D eigenvalue weighted by atomic mass is 9.99. The zero-order valence-corrected chi connectivity index (χ0v) is 17.1. The fraction of sp³-hybridized carbons (Fsp3) is 0.476. The molecule has 5 nitrogen and oxygen atoms in total. The number of ether oxygens (including phenoxy) is 3. The van der Waals surface area contributed by atoms with Crippen molar-refractivity contribution >= 4 is 17.4 Å². The Bertz CT molecular complexity index is 786. The minimum absolute atomic E-state index is 0.00360. The molecular formula is C21H27NO4S. The molecule has 1 aromatic carbocycles. The number of aryl methyl sites for hydroxylation is 1. The van der Waals surface area contributed by atoms with Gasteiger partial charge in [0.25, 0.3) is 0 Å². The fourth-order valence-electron chi connectivity index (χ4n) is 3.00. The minimum atomic E-state index is -0.445. The third-order valence-electron chi connectivity index (χ3n) is 4.91. The largest absolute Gasteiger partial charge is 0.497 e. The Labute approximate surface area is 164 Å². The molecule has 3 atom stereocenters. The first-order valence-corrected chi connectivity index (χ1v) is 9.95. The van der Waals surface area contributed by atoms with Gasteiger partial charge in [-0.05, 0) is 50.1 Å². The van der Waals surface area contributed by atoms with Crippen molar-refractivity contribution in [1.82, 2.24) is 4.98 Å². The number of nitrogens with zero attached hydrogens (tertiary/aromatic N) is 1. The van der Waals surface area contributed by atoms with Gasteiger partial charge in [-0.1, -0.05) is 12.1 Å². The summed E-state index contributed by atoms with van der Waals surface area (Å²) in [5, 5.41) is 12.6. The zero-order chi connectivity index (χ0) is 19.4. The second-order valence-electron chi connectivity index (χ2n) is 7.14. The maximum Gasteiger partial charge on any atom is 0.118 e. The summed E-state index contributed by atoms with van der Waals surface area (Å²) in [6.07, 6.45) is 2.68. The Balaban J connectivity index is 1.69. The Morgan fingerprint density at radius 2 is 2.15 bits per heavy atom. The van der Waals surface area contributed by atoms with Crippen molar-refractivity contribution in [3.8, 4) is 5.75 Å². The fourth-order valence-corrected chi connectivity index (χ4v) is 3.57. The Morgan fingerprint density at radius 1 is 1.41 bits per heavy atom. The number of hydrogen-bond acceptors (Lipinski definition) is 6. The van der Waals surface area contributed by atoms with Crippen LogP contribution in [0.25, 0.3) is 6.08 Å². The SMILES string of the molecule is COc1ccc(CO[C@@H](CC2OC2(C)CO)/C(C)=C/c2csc(C)n2)cc1. The van der Waals surface area contributed by atoms with E-state index >= 15 is 0 Å². The van der Waals surface area contributed by atoms with Gasteiger partial charge in [-0.15, -0.1) is 11.3 Å². The summed E-state index contributed by atoms with van der Waals surface area (Å²) in [6.45, 7) is 6.52. The number of aliphatic hydroxyl groups is 1. The lowest BCUT2D eigenvalue weighted by molar-refractivity contribution is 0.0544. The highest BCUT2D eigenvalue weighted by molar-refractivity contribution is 7.09. The van der Waals surface area contributed by atoms with Gasteiger partial charge in [-0.3, -0.25) is 0 Å². The molecule has 0 saturated carbocycles. The van der Waals surface area contributed by atoms with Gasteiger partial charge in [0.05, 0.1) is 43.2 Å². The molecule has 27 heavy (non-hydrogen) atoms. The molecule has 0 amide bonds. The van der Waals surface area contributed by atoms with Crippen LogP contribution >= 0.6 is 11.3 Å². The summed E-state index contributed by atoms with van der Waals surface area (Å²) in [5.41, 5.74) is 2.69. The highest BCUT2D eigenvalue weighted by Gasteiger charge is 2.52. The van der Waals surface area contributed by atoms with Crippen molar-refractivity contribution in [1.29, 1.82) is 0 Å². The van der Waals surface area contributed by atoms with Crippen molar-refractivity contribution in [3.05, 3.63) is 51.5 Å². The number of benzene rings is 1.